The summed E-state index contributed by atoms with van der Waals surface area (Å²) in [6, 6.07) is 0. The van der Waals surface area contributed by atoms with Gasteiger partial charge in [-0.25, -0.2) is 0 Å². The van der Waals surface area contributed by atoms with Crippen molar-refractivity contribution in [1.82, 2.24) is 5.32 Å². The Morgan fingerprint density at radius 2 is 1.33 bits per heavy atom. The molecule has 0 saturated heterocycles. The molecule has 0 aromatic heterocycles. The number of amidine groups is 1. The number of unbranched alkanes of at least 4 members (excludes halogenated alkanes) is 9. The Morgan fingerprint density at radius 1 is 0.810 bits per heavy atom. The molecule has 0 spiro atoms. The summed E-state index contributed by atoms with van der Waals surface area (Å²) < 4.78 is 0. The summed E-state index contributed by atoms with van der Waals surface area (Å²) in [5.41, 5.74) is 0. The van der Waals surface area contributed by atoms with Crippen molar-refractivity contribution in [3.05, 3.63) is 0 Å². The van der Waals surface area contributed by atoms with Crippen LogP contribution in [0.3, 0.4) is 0 Å². The molecule has 4 heteroatoms. The van der Waals surface area contributed by atoms with E-state index in [1.807, 2.05) is 11.8 Å². The standard InChI is InChI=1S/C17H36N2S.HI/c1-4-7-8-9-10-11-12-13-14-15-16-20-17(18-5-2)19-6-3;/h4-16H2,1-3H3,(H,18,19);1H. The highest BCUT2D eigenvalue weighted by Gasteiger charge is 1.98. The van der Waals surface area contributed by atoms with Crippen LogP contribution in [-0.4, -0.2) is 24.0 Å². The SMILES string of the molecule is CCCCCCCCCCCCSC(=NCC)NCC.I. The van der Waals surface area contributed by atoms with Crippen LogP contribution in [0.4, 0.5) is 0 Å². The highest BCUT2D eigenvalue weighted by Crippen LogP contribution is 2.12. The summed E-state index contributed by atoms with van der Waals surface area (Å²) in [6.07, 6.45) is 14.1. The molecular weight excluding hydrogens is 391 g/mol. The Bertz CT molecular complexity index is 223. The zero-order chi connectivity index (χ0) is 14.9. The van der Waals surface area contributed by atoms with Gasteiger partial charge in [-0.1, -0.05) is 76.5 Å². The average molecular weight is 428 g/mol. The van der Waals surface area contributed by atoms with Crippen molar-refractivity contribution in [3.63, 3.8) is 0 Å². The first-order chi connectivity index (χ1) is 9.85. The monoisotopic (exact) mass is 428 g/mol. The summed E-state index contributed by atoms with van der Waals surface area (Å²) >= 11 is 1.89. The number of hydrogen-bond acceptors (Lipinski definition) is 2. The molecule has 0 aromatic rings. The third-order valence-electron chi connectivity index (χ3n) is 3.37. The molecule has 0 rings (SSSR count). The number of hydrogen-bond donors (Lipinski definition) is 1. The molecule has 0 heterocycles. The quantitative estimate of drug-likeness (QED) is 0.162. The van der Waals surface area contributed by atoms with E-state index in [1.54, 1.807) is 0 Å². The summed E-state index contributed by atoms with van der Waals surface area (Å²) in [6.45, 7) is 8.37. The van der Waals surface area contributed by atoms with Crippen molar-refractivity contribution in [3.8, 4) is 0 Å². The van der Waals surface area contributed by atoms with Gasteiger partial charge in [-0.15, -0.1) is 24.0 Å². The third-order valence-corrected chi connectivity index (χ3v) is 4.41. The lowest BCUT2D eigenvalue weighted by Gasteiger charge is -2.07. The minimum atomic E-state index is 0. The van der Waals surface area contributed by atoms with E-state index >= 15 is 0 Å². The van der Waals surface area contributed by atoms with Crippen molar-refractivity contribution < 1.29 is 0 Å². The second kappa shape index (κ2) is 20.6. The summed E-state index contributed by atoms with van der Waals surface area (Å²) in [5, 5.41) is 4.46. The van der Waals surface area contributed by atoms with E-state index in [-0.39, 0.29) is 24.0 Å². The van der Waals surface area contributed by atoms with Gasteiger partial charge in [0.25, 0.3) is 0 Å². The molecule has 0 amide bonds. The molecule has 0 aromatic carbocycles. The molecule has 0 aliphatic heterocycles. The fourth-order valence-corrected chi connectivity index (χ4v) is 3.21. The Morgan fingerprint density at radius 3 is 1.81 bits per heavy atom. The van der Waals surface area contributed by atoms with Gasteiger partial charge >= 0.3 is 0 Å². The van der Waals surface area contributed by atoms with Gasteiger partial charge in [-0.3, -0.25) is 4.99 Å². The Hall–Kier alpha value is 0.550. The number of rotatable bonds is 13. The average Bonchev–Trinajstić information content (AvgIpc) is 2.45. The molecule has 0 saturated carbocycles. The number of nitrogens with one attached hydrogen (secondary N) is 1. The van der Waals surface area contributed by atoms with Crippen LogP contribution in [0, 0.1) is 0 Å². The molecule has 128 valence electrons. The topological polar surface area (TPSA) is 24.4 Å². The predicted molar refractivity (Wildman–Crippen MR) is 111 cm³/mol. The Kier molecular flexibility index (Phi) is 23.3. The van der Waals surface area contributed by atoms with Gasteiger partial charge < -0.3 is 5.32 Å². The lowest BCUT2D eigenvalue weighted by Crippen LogP contribution is -2.20. The van der Waals surface area contributed by atoms with E-state index in [9.17, 15) is 0 Å². The largest absolute Gasteiger partial charge is 0.365 e. The van der Waals surface area contributed by atoms with Gasteiger partial charge in [0.2, 0.25) is 0 Å². The highest BCUT2D eigenvalue weighted by atomic mass is 127. The van der Waals surface area contributed by atoms with Crippen LogP contribution in [0.15, 0.2) is 4.99 Å². The molecule has 21 heavy (non-hydrogen) atoms. The van der Waals surface area contributed by atoms with Crippen LogP contribution in [0.1, 0.15) is 85.0 Å². The van der Waals surface area contributed by atoms with E-state index in [4.69, 9.17) is 0 Å². The predicted octanol–water partition coefficient (Wildman–Crippen LogP) is 6.24. The molecule has 0 aliphatic carbocycles. The third kappa shape index (κ3) is 18.5. The van der Waals surface area contributed by atoms with Gasteiger partial charge in [0.05, 0.1) is 0 Å². The summed E-state index contributed by atoms with van der Waals surface area (Å²) in [7, 11) is 0. The molecule has 0 unspecified atom stereocenters. The fraction of sp³-hybridized carbons (Fsp3) is 0.941. The zero-order valence-corrected chi connectivity index (χ0v) is 17.6. The summed E-state index contributed by atoms with van der Waals surface area (Å²) in [4.78, 5) is 4.47. The Labute approximate surface area is 154 Å². The van der Waals surface area contributed by atoms with Crippen LogP contribution in [-0.2, 0) is 0 Å². The minimum absolute atomic E-state index is 0. The maximum absolute atomic E-state index is 4.47. The van der Waals surface area contributed by atoms with Gasteiger partial charge in [0.1, 0.15) is 0 Å². The maximum Gasteiger partial charge on any atom is 0.156 e. The van der Waals surface area contributed by atoms with Gasteiger partial charge in [0, 0.05) is 18.8 Å². The van der Waals surface area contributed by atoms with Gasteiger partial charge in [-0.05, 0) is 20.3 Å². The number of nitrogens with zero attached hydrogens (tertiary/aromatic N) is 1. The molecular formula is C17H37IN2S. The molecule has 2 nitrogen and oxygen atoms in total. The first kappa shape index (κ1) is 23.8. The smallest absolute Gasteiger partial charge is 0.156 e. The van der Waals surface area contributed by atoms with Crippen molar-refractivity contribution in [2.45, 2.75) is 85.0 Å². The molecule has 0 bridgehead atoms. The number of halogens is 1. The maximum atomic E-state index is 4.47. The van der Waals surface area contributed by atoms with Crippen molar-refractivity contribution in [1.29, 1.82) is 0 Å². The van der Waals surface area contributed by atoms with Crippen molar-refractivity contribution in [2.75, 3.05) is 18.8 Å². The molecule has 0 fully saturated rings. The van der Waals surface area contributed by atoms with E-state index < -0.39 is 0 Å². The summed E-state index contributed by atoms with van der Waals surface area (Å²) in [5.74, 6) is 1.21. The van der Waals surface area contributed by atoms with Crippen LogP contribution < -0.4 is 5.32 Å². The van der Waals surface area contributed by atoms with Gasteiger partial charge in [0.15, 0.2) is 5.17 Å². The van der Waals surface area contributed by atoms with E-state index in [0.29, 0.717) is 0 Å². The van der Waals surface area contributed by atoms with Crippen molar-refractivity contribution >= 4 is 40.9 Å². The number of aliphatic imine (C=N–C) groups is 1. The van der Waals surface area contributed by atoms with Crippen LogP contribution in [0.5, 0.6) is 0 Å². The molecule has 0 radical (unpaired) electrons. The molecule has 1 N–H and O–H groups in total. The second-order valence-corrected chi connectivity index (χ2v) is 6.42. The van der Waals surface area contributed by atoms with Gasteiger partial charge in [-0.2, -0.15) is 0 Å². The molecule has 0 aliphatic rings. The lowest BCUT2D eigenvalue weighted by molar-refractivity contribution is 0.563. The number of thioether (sulfide) groups is 1. The van der Waals surface area contributed by atoms with Crippen LogP contribution in [0.25, 0.3) is 0 Å². The zero-order valence-electron chi connectivity index (χ0n) is 14.5. The Balaban J connectivity index is 0. The second-order valence-electron chi connectivity index (χ2n) is 5.34. The minimum Gasteiger partial charge on any atom is -0.365 e. The first-order valence-electron chi connectivity index (χ1n) is 8.76. The van der Waals surface area contributed by atoms with E-state index in [0.717, 1.165) is 18.3 Å². The lowest BCUT2D eigenvalue weighted by atomic mass is 10.1. The van der Waals surface area contributed by atoms with Crippen molar-refractivity contribution in [2.24, 2.45) is 4.99 Å². The molecule has 0 atom stereocenters. The van der Waals surface area contributed by atoms with Crippen LogP contribution >= 0.6 is 35.7 Å². The van der Waals surface area contributed by atoms with E-state index in [2.05, 4.69) is 31.1 Å². The normalized spacial score (nSPS) is 11.3. The fourth-order valence-electron chi connectivity index (χ4n) is 2.21. The van der Waals surface area contributed by atoms with E-state index in [1.165, 1.54) is 70.0 Å². The van der Waals surface area contributed by atoms with Crippen LogP contribution in [0.2, 0.25) is 0 Å². The first-order valence-corrected chi connectivity index (χ1v) is 9.74. The highest BCUT2D eigenvalue weighted by molar-refractivity contribution is 14.0.